The second-order valence-corrected chi connectivity index (χ2v) is 7.64. The highest BCUT2D eigenvalue weighted by Gasteiger charge is 2.29. The van der Waals surface area contributed by atoms with E-state index in [0.29, 0.717) is 18.0 Å². The molecule has 1 aliphatic rings. The van der Waals surface area contributed by atoms with Crippen LogP contribution in [0, 0.1) is 6.92 Å². The van der Waals surface area contributed by atoms with Crippen LogP contribution in [0.4, 0.5) is 0 Å². The molecule has 0 spiro atoms. The molecule has 1 aromatic rings. The van der Waals surface area contributed by atoms with Gasteiger partial charge in [-0.15, -0.1) is 11.3 Å². The summed E-state index contributed by atoms with van der Waals surface area (Å²) in [7, 11) is -1.44. The van der Waals surface area contributed by atoms with Gasteiger partial charge < -0.3 is 10.0 Å². The summed E-state index contributed by atoms with van der Waals surface area (Å²) >= 11 is 1.12. The molecule has 0 aromatic carbocycles. The molecule has 0 unspecified atom stereocenters. The predicted molar refractivity (Wildman–Crippen MR) is 67.0 cm³/mol. The van der Waals surface area contributed by atoms with E-state index in [-0.39, 0.29) is 9.96 Å². The van der Waals surface area contributed by atoms with Gasteiger partial charge in [-0.3, -0.25) is 0 Å². The number of likely N-dealkylation sites (N-methyl/N-ethyl adjacent to an activating group) is 1. The average Bonchev–Trinajstić information content (AvgIpc) is 2.60. The number of aromatic hydroxyl groups is 1. The molecule has 0 atom stereocenters. The lowest BCUT2D eigenvalue weighted by atomic mass is 10.4. The molecule has 1 saturated heterocycles. The van der Waals surface area contributed by atoms with Gasteiger partial charge in [-0.25, -0.2) is 8.42 Å². The van der Waals surface area contributed by atoms with Gasteiger partial charge in [-0.2, -0.15) is 4.31 Å². The van der Waals surface area contributed by atoms with E-state index < -0.39 is 10.0 Å². The molecule has 0 amide bonds. The smallest absolute Gasteiger partial charge is 0.252 e. The first-order valence-corrected chi connectivity index (χ1v) is 7.65. The van der Waals surface area contributed by atoms with E-state index in [1.165, 1.54) is 10.4 Å². The van der Waals surface area contributed by atoms with Gasteiger partial charge in [-0.05, 0) is 14.0 Å². The van der Waals surface area contributed by atoms with E-state index in [0.717, 1.165) is 24.4 Å². The Labute approximate surface area is 105 Å². The van der Waals surface area contributed by atoms with E-state index in [1.54, 1.807) is 6.92 Å². The maximum Gasteiger partial charge on any atom is 0.252 e. The Kier molecular flexibility index (Phi) is 3.44. The number of rotatable bonds is 2. The van der Waals surface area contributed by atoms with Gasteiger partial charge in [0.1, 0.15) is 9.96 Å². The van der Waals surface area contributed by atoms with E-state index in [9.17, 15) is 13.5 Å². The van der Waals surface area contributed by atoms with Crippen LogP contribution >= 0.6 is 11.3 Å². The molecular weight excluding hydrogens is 260 g/mol. The van der Waals surface area contributed by atoms with Crippen molar-refractivity contribution >= 4 is 21.4 Å². The van der Waals surface area contributed by atoms with Crippen LogP contribution in [0.3, 0.4) is 0 Å². The topological polar surface area (TPSA) is 60.9 Å². The molecule has 96 valence electrons. The van der Waals surface area contributed by atoms with Crippen LogP contribution < -0.4 is 0 Å². The fraction of sp³-hybridized carbons (Fsp3) is 0.600. The Morgan fingerprint density at radius 1 is 1.29 bits per heavy atom. The van der Waals surface area contributed by atoms with Gasteiger partial charge in [0, 0.05) is 37.1 Å². The minimum Gasteiger partial charge on any atom is -0.507 e. The number of thiophene rings is 1. The zero-order valence-electron chi connectivity index (χ0n) is 9.88. The van der Waals surface area contributed by atoms with Crippen LogP contribution in [0.15, 0.2) is 10.3 Å². The monoisotopic (exact) mass is 276 g/mol. The molecule has 1 aliphatic heterocycles. The van der Waals surface area contributed by atoms with Crippen molar-refractivity contribution in [3.63, 3.8) is 0 Å². The maximum atomic E-state index is 12.3. The third kappa shape index (κ3) is 2.47. The second kappa shape index (κ2) is 4.56. The van der Waals surface area contributed by atoms with Crippen LogP contribution in [0.1, 0.15) is 4.88 Å². The summed E-state index contributed by atoms with van der Waals surface area (Å²) in [5, 5.41) is 9.46. The van der Waals surface area contributed by atoms with Crippen LogP contribution in [0.5, 0.6) is 5.75 Å². The molecule has 0 aliphatic carbocycles. The van der Waals surface area contributed by atoms with Gasteiger partial charge in [0.2, 0.25) is 0 Å². The Balaban J connectivity index is 2.24. The van der Waals surface area contributed by atoms with Gasteiger partial charge in [0.15, 0.2) is 0 Å². The number of aryl methyl sites for hydroxylation is 1. The molecule has 1 N–H and O–H groups in total. The molecule has 1 aromatic heterocycles. The predicted octanol–water partition coefficient (Wildman–Crippen LogP) is 0.698. The summed E-state index contributed by atoms with van der Waals surface area (Å²) in [6, 6.07) is 1.34. The molecule has 0 radical (unpaired) electrons. The van der Waals surface area contributed by atoms with Crippen molar-refractivity contribution in [3.05, 3.63) is 10.9 Å². The van der Waals surface area contributed by atoms with Crippen molar-refractivity contribution in [1.82, 2.24) is 9.21 Å². The Morgan fingerprint density at radius 3 is 2.35 bits per heavy atom. The minimum absolute atomic E-state index is 0.0581. The first kappa shape index (κ1) is 12.8. The Morgan fingerprint density at radius 2 is 1.88 bits per heavy atom. The molecule has 5 nitrogen and oxygen atoms in total. The van der Waals surface area contributed by atoms with Gasteiger partial charge in [0.05, 0.1) is 0 Å². The minimum atomic E-state index is -3.42. The summed E-state index contributed by atoms with van der Waals surface area (Å²) in [6.07, 6.45) is 0. The maximum absolute atomic E-state index is 12.3. The van der Waals surface area contributed by atoms with Crippen molar-refractivity contribution < 1.29 is 13.5 Å². The lowest BCUT2D eigenvalue weighted by molar-refractivity contribution is 0.222. The molecule has 2 heterocycles. The van der Waals surface area contributed by atoms with Crippen LogP contribution in [0.2, 0.25) is 0 Å². The lowest BCUT2D eigenvalue weighted by Crippen LogP contribution is -2.46. The Bertz CT molecular complexity index is 482. The molecule has 2 rings (SSSR count). The molecule has 7 heteroatoms. The lowest BCUT2D eigenvalue weighted by Gasteiger charge is -2.31. The van der Waals surface area contributed by atoms with Gasteiger partial charge in [0.25, 0.3) is 10.0 Å². The summed E-state index contributed by atoms with van der Waals surface area (Å²) in [5.41, 5.74) is 0. The highest BCUT2D eigenvalue weighted by Crippen LogP contribution is 2.32. The van der Waals surface area contributed by atoms with Crippen LogP contribution in [-0.4, -0.2) is 56.0 Å². The quantitative estimate of drug-likeness (QED) is 0.864. The number of nitrogens with zero attached hydrogens (tertiary/aromatic N) is 2. The van der Waals surface area contributed by atoms with Gasteiger partial charge >= 0.3 is 0 Å². The van der Waals surface area contributed by atoms with Crippen molar-refractivity contribution in [2.75, 3.05) is 33.2 Å². The fourth-order valence-electron chi connectivity index (χ4n) is 1.73. The van der Waals surface area contributed by atoms with Crippen LogP contribution in [0.25, 0.3) is 0 Å². The first-order valence-electron chi connectivity index (χ1n) is 5.39. The van der Waals surface area contributed by atoms with E-state index >= 15 is 0 Å². The Hall–Kier alpha value is -0.630. The first-order chi connectivity index (χ1) is 7.91. The van der Waals surface area contributed by atoms with Crippen molar-refractivity contribution in [2.45, 2.75) is 11.1 Å². The molecular formula is C10H16N2O3S2. The SMILES string of the molecule is Cc1sc(S(=O)(=O)N2CCN(C)CC2)cc1O. The third-order valence-corrected chi connectivity index (χ3v) is 6.31. The number of hydrogen-bond donors (Lipinski definition) is 1. The second-order valence-electron chi connectivity index (χ2n) is 4.21. The van der Waals surface area contributed by atoms with Gasteiger partial charge in [-0.1, -0.05) is 0 Å². The zero-order valence-corrected chi connectivity index (χ0v) is 11.5. The van der Waals surface area contributed by atoms with Crippen molar-refractivity contribution in [1.29, 1.82) is 0 Å². The largest absolute Gasteiger partial charge is 0.507 e. The average molecular weight is 276 g/mol. The van der Waals surface area contributed by atoms with Crippen molar-refractivity contribution in [2.24, 2.45) is 0 Å². The van der Waals surface area contributed by atoms with Crippen molar-refractivity contribution in [3.8, 4) is 5.75 Å². The van der Waals surface area contributed by atoms with Crippen LogP contribution in [-0.2, 0) is 10.0 Å². The summed E-state index contributed by atoms with van der Waals surface area (Å²) in [5.74, 6) is 0.0581. The highest BCUT2D eigenvalue weighted by molar-refractivity contribution is 7.91. The third-order valence-electron chi connectivity index (χ3n) is 2.93. The number of sulfonamides is 1. The summed E-state index contributed by atoms with van der Waals surface area (Å²) in [4.78, 5) is 2.74. The summed E-state index contributed by atoms with van der Waals surface area (Å²) in [6.45, 7) is 4.22. The normalized spacial score (nSPS) is 19.6. The molecule has 0 bridgehead atoms. The molecule has 17 heavy (non-hydrogen) atoms. The zero-order chi connectivity index (χ0) is 12.6. The standard InChI is InChI=1S/C10H16N2O3S2/c1-8-9(13)7-10(16-8)17(14,15)12-5-3-11(2)4-6-12/h7,13H,3-6H2,1-2H3. The fourth-order valence-corrected chi connectivity index (χ4v) is 4.64. The number of piperazine rings is 1. The summed E-state index contributed by atoms with van der Waals surface area (Å²) < 4.78 is 26.2. The molecule has 1 fully saturated rings. The highest BCUT2D eigenvalue weighted by atomic mass is 32.2. The van der Waals surface area contributed by atoms with E-state index in [1.807, 2.05) is 7.05 Å². The van der Waals surface area contributed by atoms with E-state index in [4.69, 9.17) is 0 Å². The molecule has 0 saturated carbocycles. The van der Waals surface area contributed by atoms with E-state index in [2.05, 4.69) is 4.90 Å². The number of hydrogen-bond acceptors (Lipinski definition) is 5.